The zero-order valence-corrected chi connectivity index (χ0v) is 14.3. The largest absolute Gasteiger partial charge is 0.416 e. The van der Waals surface area contributed by atoms with Gasteiger partial charge in [0.1, 0.15) is 5.69 Å². The molecule has 2 heterocycles. The second-order valence-electron chi connectivity index (χ2n) is 6.51. The fraction of sp³-hybridized carbons (Fsp3) is 0.200. The van der Waals surface area contributed by atoms with Crippen molar-refractivity contribution in [3.63, 3.8) is 0 Å². The number of carbonyl (C=O) groups is 1. The van der Waals surface area contributed by atoms with Crippen LogP contribution in [0.2, 0.25) is 0 Å². The third kappa shape index (κ3) is 3.45. The molecule has 0 fully saturated rings. The predicted octanol–water partition coefficient (Wildman–Crippen LogP) is 4.29. The molecular formula is C20H16F3N3O. The predicted molar refractivity (Wildman–Crippen MR) is 93.9 cm³/mol. The molecular weight excluding hydrogens is 355 g/mol. The summed E-state index contributed by atoms with van der Waals surface area (Å²) in [7, 11) is 0. The number of H-pyrrole nitrogens is 1. The molecule has 0 aliphatic carbocycles. The third-order valence-corrected chi connectivity index (χ3v) is 4.78. The number of hydrogen-bond donors (Lipinski definition) is 1. The summed E-state index contributed by atoms with van der Waals surface area (Å²) in [5.74, 6) is -0.113. The van der Waals surface area contributed by atoms with E-state index in [1.54, 1.807) is 11.0 Å². The number of benzene rings is 2. The molecule has 1 amide bonds. The van der Waals surface area contributed by atoms with Crippen LogP contribution in [0.1, 0.15) is 27.2 Å². The number of rotatable bonds is 2. The molecule has 0 saturated carbocycles. The van der Waals surface area contributed by atoms with Gasteiger partial charge in [0.25, 0.3) is 5.91 Å². The highest BCUT2D eigenvalue weighted by Crippen LogP contribution is 2.32. The van der Waals surface area contributed by atoms with Gasteiger partial charge in [0.05, 0.1) is 5.56 Å². The number of halogens is 3. The second-order valence-corrected chi connectivity index (χ2v) is 6.51. The summed E-state index contributed by atoms with van der Waals surface area (Å²) < 4.78 is 38.2. The Morgan fingerprint density at radius 2 is 1.74 bits per heavy atom. The van der Waals surface area contributed by atoms with Gasteiger partial charge in [0.15, 0.2) is 0 Å². The lowest BCUT2D eigenvalue weighted by atomic mass is 9.94. The molecule has 7 heteroatoms. The maximum absolute atomic E-state index is 12.7. The highest BCUT2D eigenvalue weighted by molar-refractivity contribution is 5.92. The molecule has 138 valence electrons. The molecule has 1 N–H and O–H groups in total. The van der Waals surface area contributed by atoms with Crippen molar-refractivity contribution in [2.75, 3.05) is 6.54 Å². The Morgan fingerprint density at radius 3 is 2.41 bits per heavy atom. The second kappa shape index (κ2) is 6.57. The number of alkyl halides is 3. The number of aromatic nitrogens is 2. The van der Waals surface area contributed by atoms with Gasteiger partial charge in [-0.05, 0) is 52.9 Å². The molecule has 1 aliphatic rings. The highest BCUT2D eigenvalue weighted by Gasteiger charge is 2.30. The standard InChI is InChI=1S/C20H16F3N3O/c21-20(22,23)17-5-3-13(4-6-17)15-2-1-14-8-10-26(12-16(14)11-15)19(27)18-7-9-24-25-18/h1-7,9,11H,8,10,12H2,(H,24,25). The number of nitrogens with zero attached hydrogens (tertiary/aromatic N) is 2. The molecule has 0 radical (unpaired) electrons. The van der Waals surface area contributed by atoms with Crippen LogP contribution in [0.15, 0.2) is 54.7 Å². The summed E-state index contributed by atoms with van der Waals surface area (Å²) in [5.41, 5.74) is 3.48. The van der Waals surface area contributed by atoms with Crippen LogP contribution < -0.4 is 0 Å². The van der Waals surface area contributed by atoms with Gasteiger partial charge >= 0.3 is 6.18 Å². The normalized spacial score (nSPS) is 14.1. The Balaban J connectivity index is 1.58. The average molecular weight is 371 g/mol. The lowest BCUT2D eigenvalue weighted by molar-refractivity contribution is -0.137. The minimum absolute atomic E-state index is 0.113. The van der Waals surface area contributed by atoms with Crippen molar-refractivity contribution < 1.29 is 18.0 Å². The molecule has 1 aromatic heterocycles. The van der Waals surface area contributed by atoms with E-state index in [1.807, 2.05) is 18.2 Å². The van der Waals surface area contributed by atoms with Crippen molar-refractivity contribution in [1.29, 1.82) is 0 Å². The van der Waals surface area contributed by atoms with Gasteiger partial charge in [-0.15, -0.1) is 0 Å². The van der Waals surface area contributed by atoms with E-state index in [4.69, 9.17) is 0 Å². The van der Waals surface area contributed by atoms with Gasteiger partial charge in [-0.2, -0.15) is 18.3 Å². The summed E-state index contributed by atoms with van der Waals surface area (Å²) >= 11 is 0. The molecule has 0 atom stereocenters. The maximum Gasteiger partial charge on any atom is 0.416 e. The topological polar surface area (TPSA) is 49.0 Å². The molecule has 3 aromatic rings. The summed E-state index contributed by atoms with van der Waals surface area (Å²) in [6, 6.07) is 12.6. The number of carbonyl (C=O) groups excluding carboxylic acids is 1. The van der Waals surface area contributed by atoms with E-state index in [1.165, 1.54) is 18.3 Å². The first-order chi connectivity index (χ1) is 12.9. The molecule has 4 nitrogen and oxygen atoms in total. The maximum atomic E-state index is 12.7. The molecule has 4 rings (SSSR count). The third-order valence-electron chi connectivity index (χ3n) is 4.78. The zero-order chi connectivity index (χ0) is 19.0. The lowest BCUT2D eigenvalue weighted by Crippen LogP contribution is -2.36. The first-order valence-corrected chi connectivity index (χ1v) is 8.50. The van der Waals surface area contributed by atoms with E-state index < -0.39 is 11.7 Å². The monoisotopic (exact) mass is 371 g/mol. The van der Waals surface area contributed by atoms with Crippen molar-refractivity contribution in [2.24, 2.45) is 0 Å². The molecule has 0 unspecified atom stereocenters. The summed E-state index contributed by atoms with van der Waals surface area (Å²) in [5, 5.41) is 6.49. The minimum Gasteiger partial charge on any atom is -0.333 e. The van der Waals surface area contributed by atoms with Gasteiger partial charge in [0, 0.05) is 19.3 Å². The Kier molecular flexibility index (Phi) is 4.22. The van der Waals surface area contributed by atoms with Crippen LogP contribution in [0.25, 0.3) is 11.1 Å². The fourth-order valence-corrected chi connectivity index (χ4v) is 3.31. The van der Waals surface area contributed by atoms with Gasteiger partial charge in [0.2, 0.25) is 0 Å². The van der Waals surface area contributed by atoms with Gasteiger partial charge < -0.3 is 4.90 Å². The molecule has 2 aromatic carbocycles. The van der Waals surface area contributed by atoms with E-state index in [-0.39, 0.29) is 5.91 Å². The Bertz CT molecular complexity index is 963. The summed E-state index contributed by atoms with van der Waals surface area (Å²) in [6.07, 6.45) is -2.07. The minimum atomic E-state index is -4.35. The first-order valence-electron chi connectivity index (χ1n) is 8.50. The van der Waals surface area contributed by atoms with Crippen LogP contribution in [-0.2, 0) is 19.1 Å². The highest BCUT2D eigenvalue weighted by atomic mass is 19.4. The van der Waals surface area contributed by atoms with Crippen LogP contribution in [0.4, 0.5) is 13.2 Å². The molecule has 0 spiro atoms. The molecule has 0 saturated heterocycles. The van der Waals surface area contributed by atoms with Gasteiger partial charge in [-0.1, -0.05) is 24.3 Å². The van der Waals surface area contributed by atoms with E-state index in [0.29, 0.717) is 24.3 Å². The van der Waals surface area contributed by atoms with Crippen molar-refractivity contribution >= 4 is 5.91 Å². The van der Waals surface area contributed by atoms with Gasteiger partial charge in [-0.25, -0.2) is 0 Å². The average Bonchev–Trinajstić information content (AvgIpc) is 3.21. The Labute approximate surface area is 153 Å². The van der Waals surface area contributed by atoms with Crippen LogP contribution in [0, 0.1) is 0 Å². The van der Waals surface area contributed by atoms with Crippen LogP contribution >= 0.6 is 0 Å². The molecule has 0 bridgehead atoms. The number of aromatic amines is 1. The molecule has 1 aliphatic heterocycles. The van der Waals surface area contributed by atoms with E-state index >= 15 is 0 Å². The summed E-state index contributed by atoms with van der Waals surface area (Å²) in [6.45, 7) is 1.08. The van der Waals surface area contributed by atoms with Crippen molar-refractivity contribution in [3.8, 4) is 11.1 Å². The van der Waals surface area contributed by atoms with Gasteiger partial charge in [-0.3, -0.25) is 9.89 Å². The number of nitrogens with one attached hydrogen (secondary N) is 1. The number of fused-ring (bicyclic) bond motifs is 1. The zero-order valence-electron chi connectivity index (χ0n) is 14.3. The molecule has 27 heavy (non-hydrogen) atoms. The quantitative estimate of drug-likeness (QED) is 0.730. The smallest absolute Gasteiger partial charge is 0.333 e. The Hall–Kier alpha value is -3.09. The summed E-state index contributed by atoms with van der Waals surface area (Å²) in [4.78, 5) is 14.2. The fourth-order valence-electron chi connectivity index (χ4n) is 3.31. The van der Waals surface area contributed by atoms with Crippen LogP contribution in [0.5, 0.6) is 0 Å². The lowest BCUT2D eigenvalue weighted by Gasteiger charge is -2.29. The van der Waals surface area contributed by atoms with Crippen LogP contribution in [-0.4, -0.2) is 27.5 Å². The van der Waals surface area contributed by atoms with Crippen molar-refractivity contribution in [2.45, 2.75) is 19.1 Å². The SMILES string of the molecule is O=C(c1ccn[nH]1)N1CCc2ccc(-c3ccc(C(F)(F)F)cc3)cc2C1. The van der Waals surface area contributed by atoms with E-state index in [2.05, 4.69) is 10.2 Å². The van der Waals surface area contributed by atoms with Crippen molar-refractivity contribution in [1.82, 2.24) is 15.1 Å². The first kappa shape index (κ1) is 17.3. The number of hydrogen-bond acceptors (Lipinski definition) is 2. The van der Waals surface area contributed by atoms with Crippen LogP contribution in [0.3, 0.4) is 0 Å². The number of amides is 1. The van der Waals surface area contributed by atoms with E-state index in [9.17, 15) is 18.0 Å². The Morgan fingerprint density at radius 1 is 1.00 bits per heavy atom. The van der Waals surface area contributed by atoms with E-state index in [0.717, 1.165) is 35.2 Å². The van der Waals surface area contributed by atoms with Crippen molar-refractivity contribution in [3.05, 3.63) is 77.1 Å².